The van der Waals surface area contributed by atoms with Gasteiger partial charge in [0.15, 0.2) is 0 Å². The highest BCUT2D eigenvalue weighted by Gasteiger charge is 2.25. The third-order valence-corrected chi connectivity index (χ3v) is 3.62. The van der Waals surface area contributed by atoms with Gasteiger partial charge < -0.3 is 4.57 Å². The molecule has 0 spiro atoms. The monoisotopic (exact) mass is 338 g/mol. The average Bonchev–Trinajstić information content (AvgIpc) is 2.71. The number of fused-ring (bicyclic) bond motifs is 1. The van der Waals surface area contributed by atoms with Gasteiger partial charge in [0.2, 0.25) is 0 Å². The van der Waals surface area contributed by atoms with Gasteiger partial charge in [-0.05, 0) is 31.0 Å². The van der Waals surface area contributed by atoms with Crippen molar-refractivity contribution in [2.24, 2.45) is 0 Å². The van der Waals surface area contributed by atoms with Crippen molar-refractivity contribution in [3.8, 4) is 0 Å². The number of aryl methyl sites for hydroxylation is 2. The first kappa shape index (κ1) is 16.4. The number of hydrogen-bond donors (Lipinski definition) is 0. The van der Waals surface area contributed by atoms with E-state index in [0.29, 0.717) is 30.3 Å². The van der Waals surface area contributed by atoms with Crippen LogP contribution in [0.5, 0.6) is 0 Å². The van der Waals surface area contributed by atoms with Crippen LogP contribution in [-0.4, -0.2) is 21.6 Å². The van der Waals surface area contributed by atoms with Crippen LogP contribution in [0.4, 0.5) is 13.2 Å². The van der Waals surface area contributed by atoms with Gasteiger partial charge in [0.1, 0.15) is 5.82 Å². The first-order valence-electron chi connectivity index (χ1n) is 6.68. The number of imidazole rings is 1. The van der Waals surface area contributed by atoms with E-state index in [1.807, 2.05) is 10.6 Å². The van der Waals surface area contributed by atoms with Gasteiger partial charge >= 0.3 is 6.18 Å². The Morgan fingerprint density at radius 3 is 2.62 bits per heavy atom. The molecule has 0 radical (unpaired) electrons. The van der Waals surface area contributed by atoms with E-state index >= 15 is 0 Å². The molecule has 2 aromatic rings. The minimum Gasteiger partial charge on any atom is -0.328 e. The van der Waals surface area contributed by atoms with Crippen LogP contribution in [0.1, 0.15) is 25.1 Å². The first-order valence-corrected chi connectivity index (χ1v) is 7.59. The van der Waals surface area contributed by atoms with E-state index in [4.69, 9.17) is 23.2 Å². The molecule has 0 fully saturated rings. The van der Waals surface area contributed by atoms with E-state index < -0.39 is 12.6 Å². The Balaban J connectivity index is 2.15. The average molecular weight is 339 g/mol. The Morgan fingerprint density at radius 1 is 1.19 bits per heavy atom. The van der Waals surface area contributed by atoms with Crippen molar-refractivity contribution in [2.75, 3.05) is 5.88 Å². The summed E-state index contributed by atoms with van der Waals surface area (Å²) in [7, 11) is 0. The van der Waals surface area contributed by atoms with Crippen molar-refractivity contribution in [1.29, 1.82) is 0 Å². The van der Waals surface area contributed by atoms with Crippen LogP contribution < -0.4 is 0 Å². The van der Waals surface area contributed by atoms with Crippen LogP contribution in [0.15, 0.2) is 18.2 Å². The van der Waals surface area contributed by atoms with Crippen LogP contribution in [0, 0.1) is 0 Å². The SMILES string of the molecule is FC(F)(F)CCCCn1c(CCCl)nc2ccc(Cl)cc21. The number of aromatic nitrogens is 2. The molecule has 21 heavy (non-hydrogen) atoms. The van der Waals surface area contributed by atoms with Gasteiger partial charge in [-0.3, -0.25) is 0 Å². The molecular formula is C14H15Cl2F3N2. The normalized spacial score (nSPS) is 12.2. The molecule has 1 aromatic carbocycles. The lowest BCUT2D eigenvalue weighted by atomic mass is 10.2. The van der Waals surface area contributed by atoms with Crippen molar-refractivity contribution in [2.45, 2.75) is 38.4 Å². The van der Waals surface area contributed by atoms with Crippen LogP contribution in [0.2, 0.25) is 5.02 Å². The summed E-state index contributed by atoms with van der Waals surface area (Å²) in [6.45, 7) is 0.485. The Kier molecular flexibility index (Phi) is 5.38. The van der Waals surface area contributed by atoms with E-state index in [1.165, 1.54) is 0 Å². The quantitative estimate of drug-likeness (QED) is 0.522. The fraction of sp³-hybridized carbons (Fsp3) is 0.500. The Labute approximate surface area is 130 Å². The zero-order valence-corrected chi connectivity index (χ0v) is 12.8. The van der Waals surface area contributed by atoms with E-state index in [2.05, 4.69) is 4.98 Å². The van der Waals surface area contributed by atoms with Gasteiger partial charge in [-0.2, -0.15) is 13.2 Å². The lowest BCUT2D eigenvalue weighted by molar-refractivity contribution is -0.135. The Bertz CT molecular complexity index is 608. The minimum absolute atomic E-state index is 0.101. The third kappa shape index (κ3) is 4.51. The summed E-state index contributed by atoms with van der Waals surface area (Å²) >= 11 is 11.7. The summed E-state index contributed by atoms with van der Waals surface area (Å²) in [5, 5.41) is 0.580. The van der Waals surface area contributed by atoms with Crippen molar-refractivity contribution in [3.05, 3.63) is 29.0 Å². The molecule has 0 saturated heterocycles. The Hall–Kier alpha value is -0.940. The molecule has 0 saturated carbocycles. The molecule has 0 aliphatic rings. The van der Waals surface area contributed by atoms with E-state index in [1.54, 1.807) is 12.1 Å². The van der Waals surface area contributed by atoms with Gasteiger partial charge in [-0.1, -0.05) is 11.6 Å². The molecule has 1 heterocycles. The lowest BCUT2D eigenvalue weighted by Crippen LogP contribution is -2.09. The summed E-state index contributed by atoms with van der Waals surface area (Å²) in [5.74, 6) is 1.20. The van der Waals surface area contributed by atoms with Crippen LogP contribution in [0.3, 0.4) is 0 Å². The predicted octanol–water partition coefficient (Wildman–Crippen LogP) is 5.20. The summed E-state index contributed by atoms with van der Waals surface area (Å²) in [6.07, 6.45) is -3.74. The molecule has 2 nitrogen and oxygen atoms in total. The minimum atomic E-state index is -4.10. The second kappa shape index (κ2) is 6.88. The van der Waals surface area contributed by atoms with Crippen LogP contribution >= 0.6 is 23.2 Å². The molecule has 0 atom stereocenters. The smallest absolute Gasteiger partial charge is 0.328 e. The van der Waals surface area contributed by atoms with Gasteiger partial charge in [-0.25, -0.2) is 4.98 Å². The van der Waals surface area contributed by atoms with Gasteiger partial charge in [-0.15, -0.1) is 11.6 Å². The first-order chi connectivity index (χ1) is 9.90. The zero-order valence-electron chi connectivity index (χ0n) is 11.3. The Morgan fingerprint density at radius 2 is 1.95 bits per heavy atom. The van der Waals surface area contributed by atoms with Crippen molar-refractivity contribution < 1.29 is 13.2 Å². The summed E-state index contributed by atoms with van der Waals surface area (Å²) in [6, 6.07) is 5.34. The van der Waals surface area contributed by atoms with E-state index in [-0.39, 0.29) is 6.42 Å². The summed E-state index contributed by atoms with van der Waals surface area (Å²) in [4.78, 5) is 4.47. The molecule has 2 rings (SSSR count). The number of rotatable bonds is 6. The molecule has 0 N–H and O–H groups in total. The largest absolute Gasteiger partial charge is 0.389 e. The molecule has 7 heteroatoms. The second-order valence-electron chi connectivity index (χ2n) is 4.82. The molecule has 0 amide bonds. The van der Waals surface area contributed by atoms with Crippen molar-refractivity contribution in [1.82, 2.24) is 9.55 Å². The predicted molar refractivity (Wildman–Crippen MR) is 79.1 cm³/mol. The highest BCUT2D eigenvalue weighted by atomic mass is 35.5. The highest BCUT2D eigenvalue weighted by Crippen LogP contribution is 2.24. The summed E-state index contributed by atoms with van der Waals surface area (Å²) in [5.41, 5.74) is 1.63. The molecular weight excluding hydrogens is 324 g/mol. The van der Waals surface area contributed by atoms with Crippen LogP contribution in [0.25, 0.3) is 11.0 Å². The molecule has 0 bridgehead atoms. The fourth-order valence-corrected chi connectivity index (χ4v) is 2.60. The topological polar surface area (TPSA) is 17.8 Å². The number of unbranched alkanes of at least 4 members (excludes halogenated alkanes) is 1. The number of nitrogens with zero attached hydrogens (tertiary/aromatic N) is 2. The van der Waals surface area contributed by atoms with Crippen LogP contribution in [-0.2, 0) is 13.0 Å². The standard InChI is InChI=1S/C14H15Cl2F3N2/c15-7-5-13-20-11-4-3-10(16)9-12(11)21(13)8-2-1-6-14(17,18)19/h3-4,9H,1-2,5-8H2. The van der Waals surface area contributed by atoms with Gasteiger partial charge in [0.25, 0.3) is 0 Å². The number of hydrogen-bond acceptors (Lipinski definition) is 1. The third-order valence-electron chi connectivity index (χ3n) is 3.20. The molecule has 116 valence electrons. The van der Waals surface area contributed by atoms with Crippen molar-refractivity contribution in [3.63, 3.8) is 0 Å². The molecule has 0 aliphatic carbocycles. The van der Waals surface area contributed by atoms with E-state index in [0.717, 1.165) is 16.9 Å². The number of alkyl halides is 4. The lowest BCUT2D eigenvalue weighted by Gasteiger charge is -2.10. The molecule has 1 aromatic heterocycles. The maximum Gasteiger partial charge on any atom is 0.389 e. The second-order valence-corrected chi connectivity index (χ2v) is 5.64. The zero-order chi connectivity index (χ0) is 15.5. The maximum absolute atomic E-state index is 12.2. The number of halogens is 5. The molecule has 0 aliphatic heterocycles. The van der Waals surface area contributed by atoms with Gasteiger partial charge in [0, 0.05) is 30.3 Å². The summed E-state index contributed by atoms with van der Waals surface area (Å²) < 4.78 is 38.4. The highest BCUT2D eigenvalue weighted by molar-refractivity contribution is 6.31. The fourth-order valence-electron chi connectivity index (χ4n) is 2.27. The van der Waals surface area contributed by atoms with E-state index in [9.17, 15) is 13.2 Å². The number of benzene rings is 1. The maximum atomic E-state index is 12.2. The molecule has 0 unspecified atom stereocenters. The van der Waals surface area contributed by atoms with Gasteiger partial charge in [0.05, 0.1) is 11.0 Å². The van der Waals surface area contributed by atoms with Crippen molar-refractivity contribution >= 4 is 34.2 Å².